The third-order valence-electron chi connectivity index (χ3n) is 1.87. The summed E-state index contributed by atoms with van der Waals surface area (Å²) in [5.74, 6) is 4.91. The Hall–Kier alpha value is -1.59. The zero-order chi connectivity index (χ0) is 10.8. The smallest absolute Gasteiger partial charge is 0.243 e. The monoisotopic (exact) mass is 225 g/mol. The van der Waals surface area contributed by atoms with Crippen molar-refractivity contribution in [1.29, 1.82) is 0 Å². The van der Waals surface area contributed by atoms with Crippen LogP contribution in [-0.4, -0.2) is 10.9 Å². The number of carbonyl (C=O) groups excluding carboxylic acids is 1. The number of oxazole rings is 1. The van der Waals surface area contributed by atoms with Gasteiger partial charge in [0.1, 0.15) is 11.9 Å². The molecule has 15 heavy (non-hydrogen) atoms. The minimum Gasteiger partial charge on any atom is -0.440 e. The molecule has 1 aromatic carbocycles. The molecule has 0 fully saturated rings. The summed E-state index contributed by atoms with van der Waals surface area (Å²) in [4.78, 5) is 15.1. The molecule has 0 unspecified atom stereocenters. The lowest BCUT2D eigenvalue weighted by atomic mass is 10.3. The fourth-order valence-electron chi connectivity index (χ4n) is 1.21. The Morgan fingerprint density at radius 2 is 2.40 bits per heavy atom. The van der Waals surface area contributed by atoms with Gasteiger partial charge in [0.25, 0.3) is 0 Å². The minimum atomic E-state index is -0.354. The van der Waals surface area contributed by atoms with E-state index < -0.39 is 0 Å². The molecule has 0 radical (unpaired) electrons. The number of hydrogen-bond donors (Lipinski definition) is 2. The highest BCUT2D eigenvalue weighted by Crippen LogP contribution is 2.19. The zero-order valence-corrected chi connectivity index (χ0v) is 8.41. The second-order valence-electron chi connectivity index (χ2n) is 2.96. The van der Waals surface area contributed by atoms with E-state index in [0.29, 0.717) is 22.0 Å². The first-order valence-electron chi connectivity index (χ1n) is 4.23. The highest BCUT2D eigenvalue weighted by molar-refractivity contribution is 6.31. The van der Waals surface area contributed by atoms with E-state index in [2.05, 4.69) is 4.98 Å². The van der Waals surface area contributed by atoms with Crippen LogP contribution in [0.1, 0.15) is 5.89 Å². The number of hydrazine groups is 1. The maximum Gasteiger partial charge on any atom is 0.243 e. The molecule has 0 saturated carbocycles. The Morgan fingerprint density at radius 3 is 3.13 bits per heavy atom. The lowest BCUT2D eigenvalue weighted by Crippen LogP contribution is -2.31. The molecule has 0 atom stereocenters. The molecule has 0 aliphatic heterocycles. The van der Waals surface area contributed by atoms with Crippen LogP contribution in [0.5, 0.6) is 0 Å². The molecular weight excluding hydrogens is 218 g/mol. The lowest BCUT2D eigenvalue weighted by molar-refractivity contribution is -0.120. The van der Waals surface area contributed by atoms with Crippen molar-refractivity contribution in [2.24, 2.45) is 5.84 Å². The first kappa shape index (κ1) is 9.95. The number of benzene rings is 1. The van der Waals surface area contributed by atoms with Crippen molar-refractivity contribution in [3.8, 4) is 0 Å². The average Bonchev–Trinajstić information content (AvgIpc) is 2.59. The summed E-state index contributed by atoms with van der Waals surface area (Å²) < 4.78 is 5.31. The van der Waals surface area contributed by atoms with Crippen LogP contribution < -0.4 is 11.3 Å². The topological polar surface area (TPSA) is 81.1 Å². The molecule has 1 heterocycles. The summed E-state index contributed by atoms with van der Waals surface area (Å²) in [5.41, 5.74) is 3.23. The predicted octanol–water partition coefficient (Wildman–Crippen LogP) is 1.01. The number of halogens is 1. The fourth-order valence-corrected chi connectivity index (χ4v) is 1.38. The Balaban J connectivity index is 2.34. The summed E-state index contributed by atoms with van der Waals surface area (Å²) >= 11 is 5.78. The number of hydrogen-bond acceptors (Lipinski definition) is 4. The molecular formula is C9H8ClN3O2. The summed E-state index contributed by atoms with van der Waals surface area (Å²) in [7, 11) is 0. The maximum atomic E-state index is 11.0. The van der Waals surface area contributed by atoms with Crippen molar-refractivity contribution >= 4 is 28.6 Å². The third-order valence-corrected chi connectivity index (χ3v) is 2.10. The van der Waals surface area contributed by atoms with E-state index in [1.807, 2.05) is 5.43 Å². The number of nitrogens with one attached hydrogen (secondary N) is 1. The molecule has 0 bridgehead atoms. The molecule has 0 aliphatic carbocycles. The van der Waals surface area contributed by atoms with Gasteiger partial charge in [-0.1, -0.05) is 11.6 Å². The first-order valence-corrected chi connectivity index (χ1v) is 4.61. The molecule has 0 saturated heterocycles. The van der Waals surface area contributed by atoms with Crippen molar-refractivity contribution < 1.29 is 9.21 Å². The van der Waals surface area contributed by atoms with Crippen molar-refractivity contribution in [1.82, 2.24) is 10.4 Å². The van der Waals surface area contributed by atoms with Gasteiger partial charge in [0.05, 0.1) is 0 Å². The summed E-state index contributed by atoms with van der Waals surface area (Å²) in [6, 6.07) is 5.07. The van der Waals surface area contributed by atoms with Crippen LogP contribution in [-0.2, 0) is 11.2 Å². The SMILES string of the molecule is NNC(=O)Cc1nc2cc(Cl)ccc2o1. The van der Waals surface area contributed by atoms with Gasteiger partial charge < -0.3 is 4.42 Å². The van der Waals surface area contributed by atoms with Gasteiger partial charge in [0.15, 0.2) is 5.58 Å². The number of fused-ring (bicyclic) bond motifs is 1. The molecule has 3 N–H and O–H groups in total. The van der Waals surface area contributed by atoms with Gasteiger partial charge in [0, 0.05) is 5.02 Å². The zero-order valence-electron chi connectivity index (χ0n) is 7.66. The Bertz CT molecular complexity index is 509. The van der Waals surface area contributed by atoms with Crippen LogP contribution in [0.3, 0.4) is 0 Å². The number of aromatic nitrogens is 1. The molecule has 0 aliphatic rings. The molecule has 1 amide bonds. The van der Waals surface area contributed by atoms with E-state index in [-0.39, 0.29) is 12.3 Å². The predicted molar refractivity (Wildman–Crippen MR) is 55.1 cm³/mol. The van der Waals surface area contributed by atoms with Crippen molar-refractivity contribution in [2.75, 3.05) is 0 Å². The normalized spacial score (nSPS) is 10.5. The standard InChI is InChI=1S/C9H8ClN3O2/c10-5-1-2-7-6(3-5)12-9(15-7)4-8(14)13-11/h1-3H,4,11H2,(H,13,14). The Kier molecular flexibility index (Phi) is 2.57. The van der Waals surface area contributed by atoms with Crippen LogP contribution in [0.2, 0.25) is 5.02 Å². The van der Waals surface area contributed by atoms with Gasteiger partial charge in [-0.25, -0.2) is 10.8 Å². The maximum absolute atomic E-state index is 11.0. The molecule has 0 spiro atoms. The van der Waals surface area contributed by atoms with Gasteiger partial charge in [-0.15, -0.1) is 0 Å². The van der Waals surface area contributed by atoms with E-state index in [1.54, 1.807) is 18.2 Å². The highest BCUT2D eigenvalue weighted by atomic mass is 35.5. The molecule has 78 valence electrons. The van der Waals surface area contributed by atoms with Crippen molar-refractivity contribution in [2.45, 2.75) is 6.42 Å². The first-order chi connectivity index (χ1) is 7.19. The van der Waals surface area contributed by atoms with E-state index in [1.165, 1.54) is 0 Å². The summed E-state index contributed by atoms with van der Waals surface area (Å²) in [5, 5.41) is 0.575. The second-order valence-corrected chi connectivity index (χ2v) is 3.40. The van der Waals surface area contributed by atoms with Gasteiger partial charge in [-0.3, -0.25) is 10.2 Å². The number of nitrogens with zero attached hydrogens (tertiary/aromatic N) is 1. The summed E-state index contributed by atoms with van der Waals surface area (Å²) in [6.07, 6.45) is 0.0167. The van der Waals surface area contributed by atoms with Crippen molar-refractivity contribution in [3.63, 3.8) is 0 Å². The van der Waals surface area contributed by atoms with E-state index in [4.69, 9.17) is 21.9 Å². The largest absolute Gasteiger partial charge is 0.440 e. The molecule has 1 aromatic heterocycles. The van der Waals surface area contributed by atoms with Crippen LogP contribution in [0.15, 0.2) is 22.6 Å². The summed E-state index contributed by atoms with van der Waals surface area (Å²) in [6.45, 7) is 0. The lowest BCUT2D eigenvalue weighted by Gasteiger charge is -1.92. The van der Waals surface area contributed by atoms with Gasteiger partial charge in [0.2, 0.25) is 11.8 Å². The number of nitrogens with two attached hydrogens (primary N) is 1. The molecule has 5 nitrogen and oxygen atoms in total. The number of carbonyl (C=O) groups is 1. The second kappa shape index (κ2) is 3.88. The fraction of sp³-hybridized carbons (Fsp3) is 0.111. The number of amides is 1. The Labute approximate surface area is 90.2 Å². The van der Waals surface area contributed by atoms with Crippen molar-refractivity contribution in [3.05, 3.63) is 29.1 Å². The molecule has 2 aromatic rings. The van der Waals surface area contributed by atoms with Crippen LogP contribution in [0.25, 0.3) is 11.1 Å². The average molecular weight is 226 g/mol. The van der Waals surface area contributed by atoms with Gasteiger partial charge in [-0.2, -0.15) is 0 Å². The van der Waals surface area contributed by atoms with Crippen LogP contribution in [0, 0.1) is 0 Å². The van der Waals surface area contributed by atoms with Gasteiger partial charge >= 0.3 is 0 Å². The molecule has 6 heteroatoms. The third kappa shape index (κ3) is 2.08. The minimum absolute atomic E-state index is 0.0167. The van der Waals surface area contributed by atoms with Crippen LogP contribution >= 0.6 is 11.6 Å². The molecule has 2 rings (SSSR count). The van der Waals surface area contributed by atoms with Crippen LogP contribution in [0.4, 0.5) is 0 Å². The number of rotatable bonds is 2. The Morgan fingerprint density at radius 1 is 1.60 bits per heavy atom. The van der Waals surface area contributed by atoms with E-state index in [9.17, 15) is 4.79 Å². The van der Waals surface area contributed by atoms with Gasteiger partial charge in [-0.05, 0) is 18.2 Å². The highest BCUT2D eigenvalue weighted by Gasteiger charge is 2.09. The quantitative estimate of drug-likeness (QED) is 0.454. The van der Waals surface area contributed by atoms with E-state index in [0.717, 1.165) is 0 Å². The van der Waals surface area contributed by atoms with E-state index >= 15 is 0 Å².